The van der Waals surface area contributed by atoms with E-state index in [0.29, 0.717) is 17.4 Å². The van der Waals surface area contributed by atoms with Crippen molar-refractivity contribution in [1.29, 1.82) is 0 Å². The van der Waals surface area contributed by atoms with E-state index in [-0.39, 0.29) is 11.4 Å². The second kappa shape index (κ2) is 6.64. The summed E-state index contributed by atoms with van der Waals surface area (Å²) in [6, 6.07) is 10.1. The van der Waals surface area contributed by atoms with Gasteiger partial charge in [0.15, 0.2) is 0 Å². The van der Waals surface area contributed by atoms with Gasteiger partial charge in [-0.25, -0.2) is 13.1 Å². The summed E-state index contributed by atoms with van der Waals surface area (Å²) in [5, 5.41) is 9.94. The van der Waals surface area contributed by atoms with E-state index in [1.807, 2.05) is 13.8 Å². The minimum Gasteiger partial charge on any atom is -0.464 e. The van der Waals surface area contributed by atoms with E-state index in [0.717, 1.165) is 5.56 Å². The van der Waals surface area contributed by atoms with Gasteiger partial charge in [0, 0.05) is 6.54 Å². The highest BCUT2D eigenvalue weighted by atomic mass is 32.2. The summed E-state index contributed by atoms with van der Waals surface area (Å²) in [5.74, 6) is 1.35. The molecule has 1 unspecified atom stereocenters. The number of furan rings is 1. The fourth-order valence-corrected chi connectivity index (χ4v) is 3.08. The lowest BCUT2D eigenvalue weighted by Crippen LogP contribution is -2.28. The number of benzene rings is 1. The number of rotatable bonds is 6. The lowest BCUT2D eigenvalue weighted by Gasteiger charge is -2.11. The van der Waals surface area contributed by atoms with Crippen molar-refractivity contribution in [3.63, 3.8) is 0 Å². The third-order valence-electron chi connectivity index (χ3n) is 3.41. The molecule has 0 fully saturated rings. The molecule has 2 rings (SSSR count). The Morgan fingerprint density at radius 2 is 1.77 bits per heavy atom. The van der Waals surface area contributed by atoms with Gasteiger partial charge < -0.3 is 9.52 Å². The molecule has 0 aliphatic rings. The zero-order valence-corrected chi connectivity index (χ0v) is 13.7. The summed E-state index contributed by atoms with van der Waals surface area (Å²) >= 11 is 0. The molecule has 6 heteroatoms. The molecule has 2 aromatic rings. The average Bonchev–Trinajstić information content (AvgIpc) is 2.91. The van der Waals surface area contributed by atoms with Crippen molar-refractivity contribution in [2.75, 3.05) is 6.54 Å². The molecule has 1 heterocycles. The molecule has 0 saturated carbocycles. The smallest absolute Gasteiger partial charge is 0.240 e. The van der Waals surface area contributed by atoms with Gasteiger partial charge in [0.1, 0.15) is 17.6 Å². The molecule has 120 valence electrons. The second-order valence-electron chi connectivity index (χ2n) is 5.54. The first-order chi connectivity index (χ1) is 10.3. The summed E-state index contributed by atoms with van der Waals surface area (Å²) < 4.78 is 32.1. The second-order valence-corrected chi connectivity index (χ2v) is 7.31. The Morgan fingerprint density at radius 1 is 1.14 bits per heavy atom. The third kappa shape index (κ3) is 3.97. The monoisotopic (exact) mass is 323 g/mol. The van der Waals surface area contributed by atoms with E-state index in [9.17, 15) is 13.5 Å². The molecule has 1 aromatic carbocycles. The fraction of sp³-hybridized carbons (Fsp3) is 0.375. The summed E-state index contributed by atoms with van der Waals surface area (Å²) in [6.07, 6.45) is -1.02. The van der Waals surface area contributed by atoms with Crippen molar-refractivity contribution in [2.45, 2.75) is 37.7 Å². The van der Waals surface area contributed by atoms with Crippen molar-refractivity contribution in [2.24, 2.45) is 0 Å². The van der Waals surface area contributed by atoms with E-state index in [1.165, 1.54) is 0 Å². The molecule has 0 radical (unpaired) electrons. The van der Waals surface area contributed by atoms with Gasteiger partial charge in [0.25, 0.3) is 0 Å². The Bertz CT molecular complexity index is 717. The van der Waals surface area contributed by atoms with Crippen LogP contribution in [0.5, 0.6) is 0 Å². The molecule has 0 aliphatic heterocycles. The number of hydrogen-bond donors (Lipinski definition) is 2. The zero-order chi connectivity index (χ0) is 16.3. The van der Waals surface area contributed by atoms with Gasteiger partial charge in [-0.05, 0) is 42.7 Å². The van der Waals surface area contributed by atoms with Crippen molar-refractivity contribution < 1.29 is 17.9 Å². The highest BCUT2D eigenvalue weighted by molar-refractivity contribution is 7.89. The molecule has 0 saturated heterocycles. The Hall–Kier alpha value is -1.63. The van der Waals surface area contributed by atoms with Gasteiger partial charge in [-0.2, -0.15) is 0 Å². The van der Waals surface area contributed by atoms with Crippen molar-refractivity contribution >= 4 is 10.0 Å². The standard InChI is InChI=1S/C16H21NO4S/c1-11(2)13-5-7-14(8-6-13)22(19,20)17-10-15(18)16-9-4-12(3)21-16/h4-9,11,15,17-18H,10H2,1-3H3. The van der Waals surface area contributed by atoms with Crippen LogP contribution in [0.1, 0.15) is 43.0 Å². The average molecular weight is 323 g/mol. The quantitative estimate of drug-likeness (QED) is 0.856. The van der Waals surface area contributed by atoms with E-state index < -0.39 is 16.1 Å². The number of hydrogen-bond acceptors (Lipinski definition) is 4. The molecule has 0 bridgehead atoms. The van der Waals surface area contributed by atoms with Crippen molar-refractivity contribution in [1.82, 2.24) is 4.72 Å². The van der Waals surface area contributed by atoms with Crippen LogP contribution in [0.4, 0.5) is 0 Å². The summed E-state index contributed by atoms with van der Waals surface area (Å²) in [6.45, 7) is 5.71. The first kappa shape index (κ1) is 16.7. The molecule has 1 atom stereocenters. The zero-order valence-electron chi connectivity index (χ0n) is 12.9. The number of sulfonamides is 1. The van der Waals surface area contributed by atoms with Gasteiger partial charge in [0.2, 0.25) is 10.0 Å². The van der Waals surface area contributed by atoms with Crippen LogP contribution in [0.25, 0.3) is 0 Å². The topological polar surface area (TPSA) is 79.5 Å². The van der Waals surface area contributed by atoms with Gasteiger partial charge in [-0.1, -0.05) is 26.0 Å². The SMILES string of the molecule is Cc1ccc(C(O)CNS(=O)(=O)c2ccc(C(C)C)cc2)o1. The van der Waals surface area contributed by atoms with Gasteiger partial charge in [0.05, 0.1) is 4.90 Å². The highest BCUT2D eigenvalue weighted by Crippen LogP contribution is 2.19. The molecule has 5 nitrogen and oxygen atoms in total. The maximum atomic E-state index is 12.2. The molecule has 22 heavy (non-hydrogen) atoms. The van der Waals surface area contributed by atoms with Crippen molar-refractivity contribution in [3.8, 4) is 0 Å². The molecular formula is C16H21NO4S. The first-order valence-corrected chi connectivity index (χ1v) is 8.62. The van der Waals surface area contributed by atoms with Crippen LogP contribution < -0.4 is 4.72 Å². The highest BCUT2D eigenvalue weighted by Gasteiger charge is 2.18. The van der Waals surface area contributed by atoms with Crippen LogP contribution in [-0.2, 0) is 10.0 Å². The van der Waals surface area contributed by atoms with Crippen LogP contribution in [0.15, 0.2) is 45.7 Å². The fourth-order valence-electron chi connectivity index (χ4n) is 2.04. The molecular weight excluding hydrogens is 302 g/mol. The number of aliphatic hydroxyl groups excluding tert-OH is 1. The Labute approximate surface area is 131 Å². The molecule has 0 amide bonds. The molecule has 2 N–H and O–H groups in total. The largest absolute Gasteiger partial charge is 0.464 e. The van der Waals surface area contributed by atoms with Crippen LogP contribution in [-0.4, -0.2) is 20.1 Å². The van der Waals surface area contributed by atoms with Gasteiger partial charge in [-0.15, -0.1) is 0 Å². The number of nitrogens with one attached hydrogen (secondary N) is 1. The maximum Gasteiger partial charge on any atom is 0.240 e. The summed E-state index contributed by atoms with van der Waals surface area (Å²) in [5.41, 5.74) is 1.07. The Kier molecular flexibility index (Phi) is 5.05. The maximum absolute atomic E-state index is 12.2. The van der Waals surface area contributed by atoms with E-state index in [2.05, 4.69) is 4.72 Å². The molecule has 0 aliphatic carbocycles. The minimum absolute atomic E-state index is 0.138. The molecule has 0 spiro atoms. The Morgan fingerprint density at radius 3 is 2.27 bits per heavy atom. The van der Waals surface area contributed by atoms with Gasteiger partial charge in [-0.3, -0.25) is 0 Å². The Balaban J connectivity index is 2.04. The van der Waals surface area contributed by atoms with E-state index in [4.69, 9.17) is 4.42 Å². The normalized spacial score (nSPS) is 13.5. The predicted molar refractivity (Wildman–Crippen MR) is 84.1 cm³/mol. The lowest BCUT2D eigenvalue weighted by atomic mass is 10.0. The lowest BCUT2D eigenvalue weighted by molar-refractivity contribution is 0.152. The van der Waals surface area contributed by atoms with Crippen LogP contribution in [0.3, 0.4) is 0 Å². The summed E-state index contributed by atoms with van der Waals surface area (Å²) in [4.78, 5) is 0.180. The van der Waals surface area contributed by atoms with Crippen molar-refractivity contribution in [3.05, 3.63) is 53.5 Å². The van der Waals surface area contributed by atoms with E-state index in [1.54, 1.807) is 43.3 Å². The van der Waals surface area contributed by atoms with Crippen LogP contribution in [0.2, 0.25) is 0 Å². The molecule has 1 aromatic heterocycles. The van der Waals surface area contributed by atoms with Crippen LogP contribution >= 0.6 is 0 Å². The first-order valence-electron chi connectivity index (χ1n) is 7.13. The predicted octanol–water partition coefficient (Wildman–Crippen LogP) is 2.72. The van der Waals surface area contributed by atoms with E-state index >= 15 is 0 Å². The van der Waals surface area contributed by atoms with Crippen LogP contribution in [0, 0.1) is 6.92 Å². The summed E-state index contributed by atoms with van der Waals surface area (Å²) in [7, 11) is -3.65. The minimum atomic E-state index is -3.65. The van der Waals surface area contributed by atoms with Gasteiger partial charge >= 0.3 is 0 Å². The third-order valence-corrected chi connectivity index (χ3v) is 4.85. The number of aryl methyl sites for hydroxylation is 1. The number of aliphatic hydroxyl groups is 1.